The summed E-state index contributed by atoms with van der Waals surface area (Å²) >= 11 is 0. The highest BCUT2D eigenvalue weighted by molar-refractivity contribution is 6.02. The molecule has 0 atom stereocenters. The van der Waals surface area contributed by atoms with Crippen LogP contribution in [0.3, 0.4) is 0 Å². The number of urea groups is 1. The van der Waals surface area contributed by atoms with E-state index in [0.717, 1.165) is 27.7 Å². The van der Waals surface area contributed by atoms with E-state index in [1.54, 1.807) is 30.3 Å². The Hall–Kier alpha value is -4.40. The number of esters is 1. The van der Waals surface area contributed by atoms with Gasteiger partial charge >= 0.3 is 12.0 Å². The van der Waals surface area contributed by atoms with Gasteiger partial charge < -0.3 is 19.4 Å². The number of carbonyl (C=O) groups excluding carboxylic acids is 4. The molecule has 186 valence electrons. The molecule has 1 aromatic heterocycles. The monoisotopic (exact) mass is 489 g/mol. The molecular formula is C27H27N3O6. The number of benzene rings is 2. The molecule has 1 fully saturated rings. The van der Waals surface area contributed by atoms with Crippen LogP contribution in [0.5, 0.6) is 5.75 Å². The molecule has 0 radical (unpaired) electrons. The van der Waals surface area contributed by atoms with Gasteiger partial charge in [0.05, 0.1) is 25.3 Å². The van der Waals surface area contributed by atoms with Crippen molar-refractivity contribution in [3.8, 4) is 11.4 Å². The summed E-state index contributed by atoms with van der Waals surface area (Å²) < 4.78 is 12.7. The second-order valence-corrected chi connectivity index (χ2v) is 8.38. The van der Waals surface area contributed by atoms with Gasteiger partial charge in [0.1, 0.15) is 5.75 Å². The normalized spacial score (nSPS) is 13.0. The molecule has 1 N–H and O–H groups in total. The van der Waals surface area contributed by atoms with Gasteiger partial charge in [-0.25, -0.2) is 9.59 Å². The van der Waals surface area contributed by atoms with Crippen LogP contribution in [0.2, 0.25) is 0 Å². The van der Waals surface area contributed by atoms with Crippen LogP contribution >= 0.6 is 0 Å². The van der Waals surface area contributed by atoms with E-state index in [9.17, 15) is 19.2 Å². The summed E-state index contributed by atoms with van der Waals surface area (Å²) in [5.74, 6) is -0.465. The predicted molar refractivity (Wildman–Crippen MR) is 131 cm³/mol. The highest BCUT2D eigenvalue weighted by Gasteiger charge is 2.28. The molecular weight excluding hydrogens is 462 g/mol. The van der Waals surface area contributed by atoms with Crippen molar-refractivity contribution >= 4 is 23.7 Å². The minimum Gasteiger partial charge on any atom is -0.494 e. The van der Waals surface area contributed by atoms with E-state index in [-0.39, 0.29) is 30.3 Å². The lowest BCUT2D eigenvalue weighted by Gasteiger charge is -2.12. The van der Waals surface area contributed by atoms with Crippen LogP contribution in [0, 0.1) is 13.8 Å². The van der Waals surface area contributed by atoms with Crippen LogP contribution in [0.25, 0.3) is 5.69 Å². The number of hydrogen-bond acceptors (Lipinski definition) is 6. The van der Waals surface area contributed by atoms with Crippen LogP contribution in [0.4, 0.5) is 4.79 Å². The second-order valence-electron chi connectivity index (χ2n) is 8.38. The van der Waals surface area contributed by atoms with E-state index in [4.69, 9.17) is 9.47 Å². The third-order valence-corrected chi connectivity index (χ3v) is 5.94. The van der Waals surface area contributed by atoms with Crippen LogP contribution in [0.15, 0.2) is 54.6 Å². The van der Waals surface area contributed by atoms with Gasteiger partial charge in [-0.15, -0.1) is 0 Å². The summed E-state index contributed by atoms with van der Waals surface area (Å²) in [7, 11) is 0. The van der Waals surface area contributed by atoms with E-state index in [0.29, 0.717) is 17.7 Å². The summed E-state index contributed by atoms with van der Waals surface area (Å²) in [6, 6.07) is 15.3. The number of nitrogens with zero attached hydrogens (tertiary/aromatic N) is 2. The molecule has 36 heavy (non-hydrogen) atoms. The molecule has 1 aliphatic heterocycles. The van der Waals surface area contributed by atoms with Gasteiger partial charge in [0.15, 0.2) is 6.61 Å². The first-order chi connectivity index (χ1) is 17.3. The van der Waals surface area contributed by atoms with Crippen LogP contribution in [-0.2, 0) is 16.1 Å². The molecule has 0 saturated carbocycles. The Morgan fingerprint density at radius 1 is 1.00 bits per heavy atom. The molecule has 9 heteroatoms. The van der Waals surface area contributed by atoms with Gasteiger partial charge in [-0.3, -0.25) is 14.5 Å². The molecule has 2 heterocycles. The van der Waals surface area contributed by atoms with E-state index < -0.39 is 18.6 Å². The number of carbonyl (C=O) groups is 4. The Bertz CT molecular complexity index is 1290. The standard InChI is InChI=1S/C27H27N3O6/c1-4-35-22-11-9-21(10-12-22)30-17(2)13-23(18(30)3)24(31)16-36-26(33)20-7-5-19(6-8-20)15-29-25(32)14-28-27(29)34/h5-13H,4,14-16H2,1-3H3,(H,28,34). The Labute approximate surface area is 208 Å². The van der Waals surface area contributed by atoms with Crippen molar-refractivity contribution in [2.75, 3.05) is 19.8 Å². The van der Waals surface area contributed by atoms with E-state index in [1.165, 1.54) is 0 Å². The number of imide groups is 1. The van der Waals surface area contributed by atoms with Crippen LogP contribution < -0.4 is 10.1 Å². The number of nitrogens with one attached hydrogen (secondary N) is 1. The van der Waals surface area contributed by atoms with Crippen molar-refractivity contribution in [3.63, 3.8) is 0 Å². The van der Waals surface area contributed by atoms with Crippen molar-refractivity contribution in [2.45, 2.75) is 27.3 Å². The van der Waals surface area contributed by atoms with Crippen molar-refractivity contribution < 1.29 is 28.7 Å². The first-order valence-electron chi connectivity index (χ1n) is 11.6. The Kier molecular flexibility index (Phi) is 7.19. The number of ether oxygens (including phenoxy) is 2. The highest BCUT2D eigenvalue weighted by atomic mass is 16.5. The van der Waals surface area contributed by atoms with E-state index >= 15 is 0 Å². The number of rotatable bonds is 9. The van der Waals surface area contributed by atoms with Gasteiger partial charge in [-0.2, -0.15) is 0 Å². The highest BCUT2D eigenvalue weighted by Crippen LogP contribution is 2.23. The largest absolute Gasteiger partial charge is 0.494 e. The maximum Gasteiger partial charge on any atom is 0.338 e. The predicted octanol–water partition coefficient (Wildman–Crippen LogP) is 3.58. The van der Waals surface area contributed by atoms with Crippen LogP contribution in [0.1, 0.15) is 44.6 Å². The van der Waals surface area contributed by atoms with Gasteiger partial charge in [-0.05, 0) is 68.8 Å². The van der Waals surface area contributed by atoms with Crippen LogP contribution in [-0.4, -0.2) is 52.9 Å². The molecule has 3 amide bonds. The average molecular weight is 490 g/mol. The number of aromatic nitrogens is 1. The summed E-state index contributed by atoms with van der Waals surface area (Å²) in [4.78, 5) is 49.9. The second kappa shape index (κ2) is 10.5. The lowest BCUT2D eigenvalue weighted by molar-refractivity contribution is -0.125. The molecule has 0 unspecified atom stereocenters. The zero-order valence-corrected chi connectivity index (χ0v) is 20.4. The number of aryl methyl sites for hydroxylation is 1. The van der Waals surface area contributed by atoms with Gasteiger partial charge in [0, 0.05) is 22.6 Å². The number of hydrogen-bond donors (Lipinski definition) is 1. The fourth-order valence-electron chi connectivity index (χ4n) is 4.14. The summed E-state index contributed by atoms with van der Waals surface area (Å²) in [5.41, 5.74) is 3.98. The number of ketones is 1. The fraction of sp³-hybridized carbons (Fsp3) is 0.259. The first kappa shape index (κ1) is 24.7. The molecule has 2 aromatic carbocycles. The van der Waals surface area contributed by atoms with Crippen molar-refractivity contribution in [1.29, 1.82) is 0 Å². The maximum atomic E-state index is 12.9. The molecule has 4 rings (SSSR count). The summed E-state index contributed by atoms with van der Waals surface area (Å²) in [5, 5.41) is 2.46. The van der Waals surface area contributed by atoms with E-state index in [1.807, 2.05) is 49.6 Å². The molecule has 0 spiro atoms. The Morgan fingerprint density at radius 2 is 1.69 bits per heavy atom. The molecule has 1 aliphatic rings. The quantitative estimate of drug-likeness (QED) is 0.280. The molecule has 1 saturated heterocycles. The number of Topliss-reactive ketones (excluding diaryl/α,β-unsaturated/α-hetero) is 1. The molecule has 3 aromatic rings. The maximum absolute atomic E-state index is 12.9. The summed E-state index contributed by atoms with van der Waals surface area (Å²) in [6.45, 7) is 5.98. The Morgan fingerprint density at radius 3 is 2.31 bits per heavy atom. The lowest BCUT2D eigenvalue weighted by atomic mass is 10.1. The minimum absolute atomic E-state index is 0.0140. The van der Waals surface area contributed by atoms with Gasteiger partial charge in [0.25, 0.3) is 0 Å². The lowest BCUT2D eigenvalue weighted by Crippen LogP contribution is -2.30. The molecule has 9 nitrogen and oxygen atoms in total. The van der Waals surface area contributed by atoms with Crippen molar-refractivity contribution in [3.05, 3.63) is 82.7 Å². The average Bonchev–Trinajstić information content (AvgIpc) is 3.35. The first-order valence-corrected chi connectivity index (χ1v) is 11.6. The third kappa shape index (κ3) is 5.14. The molecule has 0 aliphatic carbocycles. The molecule has 0 bridgehead atoms. The van der Waals surface area contributed by atoms with Gasteiger partial charge in [-0.1, -0.05) is 12.1 Å². The Balaban J connectivity index is 1.38. The van der Waals surface area contributed by atoms with E-state index in [2.05, 4.69) is 5.32 Å². The SMILES string of the molecule is CCOc1ccc(-n2c(C)cc(C(=O)COC(=O)c3ccc(CN4C(=O)CNC4=O)cc3)c2C)cc1. The minimum atomic E-state index is -0.634. The topological polar surface area (TPSA) is 107 Å². The van der Waals surface area contributed by atoms with Crippen molar-refractivity contribution in [1.82, 2.24) is 14.8 Å². The zero-order chi connectivity index (χ0) is 25.8. The fourth-order valence-corrected chi connectivity index (χ4v) is 4.14. The summed E-state index contributed by atoms with van der Waals surface area (Å²) in [6.07, 6.45) is 0. The van der Waals surface area contributed by atoms with Gasteiger partial charge in [0.2, 0.25) is 11.7 Å². The van der Waals surface area contributed by atoms with Crippen molar-refractivity contribution in [2.24, 2.45) is 0 Å². The number of amides is 3. The third-order valence-electron chi connectivity index (χ3n) is 5.94. The smallest absolute Gasteiger partial charge is 0.338 e. The zero-order valence-electron chi connectivity index (χ0n) is 20.4.